The largest absolute Gasteiger partial charge is 0.494 e. The minimum absolute atomic E-state index is 0.0990. The third kappa shape index (κ3) is 3.17. The van der Waals surface area contributed by atoms with E-state index in [1.54, 1.807) is 0 Å². The number of ether oxygens (including phenoxy) is 1. The lowest BCUT2D eigenvalue weighted by molar-refractivity contribution is -0.138. The van der Waals surface area contributed by atoms with Gasteiger partial charge in [-0.3, -0.25) is 14.5 Å². The number of amides is 2. The summed E-state index contributed by atoms with van der Waals surface area (Å²) in [5, 5.41) is 3.14. The van der Waals surface area contributed by atoms with Crippen LogP contribution in [-0.2, 0) is 16.1 Å². The zero-order valence-electron chi connectivity index (χ0n) is 11.9. The molecule has 0 aliphatic carbocycles. The van der Waals surface area contributed by atoms with Crippen LogP contribution in [0.1, 0.15) is 25.8 Å². The lowest BCUT2D eigenvalue weighted by atomic mass is 10.2. The zero-order chi connectivity index (χ0) is 14.5. The van der Waals surface area contributed by atoms with Crippen LogP contribution in [0.3, 0.4) is 0 Å². The van der Waals surface area contributed by atoms with Gasteiger partial charge in [-0.25, -0.2) is 0 Å². The highest BCUT2D eigenvalue weighted by Gasteiger charge is 2.36. The van der Waals surface area contributed by atoms with E-state index < -0.39 is 6.04 Å². The molecule has 108 valence electrons. The van der Waals surface area contributed by atoms with Gasteiger partial charge in [-0.05, 0) is 31.5 Å². The Kier molecular flexibility index (Phi) is 4.74. The van der Waals surface area contributed by atoms with Gasteiger partial charge in [-0.2, -0.15) is 0 Å². The highest BCUT2D eigenvalue weighted by atomic mass is 16.5. The zero-order valence-corrected chi connectivity index (χ0v) is 11.9. The highest BCUT2D eigenvalue weighted by Crippen LogP contribution is 2.16. The maximum atomic E-state index is 12.0. The molecule has 1 aliphatic rings. The number of carbonyl (C=O) groups is 2. The number of rotatable bonds is 6. The molecule has 1 fully saturated rings. The van der Waals surface area contributed by atoms with E-state index in [4.69, 9.17) is 4.74 Å². The van der Waals surface area contributed by atoms with Crippen molar-refractivity contribution in [2.45, 2.75) is 32.9 Å². The molecule has 1 aromatic carbocycles. The Morgan fingerprint density at radius 1 is 1.35 bits per heavy atom. The van der Waals surface area contributed by atoms with Crippen molar-refractivity contribution in [2.75, 3.05) is 13.2 Å². The van der Waals surface area contributed by atoms with Gasteiger partial charge in [0.1, 0.15) is 5.75 Å². The number of imide groups is 1. The fraction of sp³-hybridized carbons (Fsp3) is 0.467. The van der Waals surface area contributed by atoms with Crippen molar-refractivity contribution in [1.29, 1.82) is 0 Å². The second kappa shape index (κ2) is 6.52. The molecule has 1 aromatic rings. The predicted octanol–water partition coefficient (Wildman–Crippen LogP) is 1.32. The molecule has 0 radical (unpaired) electrons. The first kappa shape index (κ1) is 14.5. The first-order valence-corrected chi connectivity index (χ1v) is 6.95. The number of likely N-dealkylation sites (tertiary alicyclic amines) is 1. The molecule has 1 unspecified atom stereocenters. The van der Waals surface area contributed by atoms with E-state index in [0.29, 0.717) is 19.7 Å². The van der Waals surface area contributed by atoms with E-state index in [0.717, 1.165) is 11.3 Å². The topological polar surface area (TPSA) is 58.6 Å². The van der Waals surface area contributed by atoms with Crippen molar-refractivity contribution in [1.82, 2.24) is 10.2 Å². The van der Waals surface area contributed by atoms with Crippen LogP contribution < -0.4 is 10.1 Å². The van der Waals surface area contributed by atoms with Gasteiger partial charge in [0.15, 0.2) is 0 Å². The molecule has 1 atom stereocenters. The molecule has 0 bridgehead atoms. The van der Waals surface area contributed by atoms with Crippen LogP contribution in [0.25, 0.3) is 0 Å². The van der Waals surface area contributed by atoms with Gasteiger partial charge >= 0.3 is 0 Å². The summed E-state index contributed by atoms with van der Waals surface area (Å²) in [5.41, 5.74) is 1.03. The van der Waals surface area contributed by atoms with Crippen molar-refractivity contribution in [3.8, 4) is 5.75 Å². The summed E-state index contributed by atoms with van der Waals surface area (Å²) in [4.78, 5) is 24.9. The van der Waals surface area contributed by atoms with Crippen LogP contribution in [0.5, 0.6) is 5.75 Å². The van der Waals surface area contributed by atoms with Gasteiger partial charge in [0.25, 0.3) is 0 Å². The third-order valence-electron chi connectivity index (χ3n) is 3.32. The van der Waals surface area contributed by atoms with E-state index in [1.807, 2.05) is 38.1 Å². The minimum atomic E-state index is -0.404. The summed E-state index contributed by atoms with van der Waals surface area (Å²) < 4.78 is 5.43. The predicted molar refractivity (Wildman–Crippen MR) is 75.2 cm³/mol. The average Bonchev–Trinajstić information content (AvgIpc) is 2.71. The number of nitrogens with one attached hydrogen (secondary N) is 1. The fourth-order valence-electron chi connectivity index (χ4n) is 2.33. The number of nitrogens with zero attached hydrogens (tertiary/aromatic N) is 1. The molecule has 2 amide bonds. The van der Waals surface area contributed by atoms with Crippen LogP contribution in [0, 0.1) is 0 Å². The lowest BCUT2D eigenvalue weighted by Crippen LogP contribution is -2.38. The first-order valence-electron chi connectivity index (χ1n) is 6.95. The van der Waals surface area contributed by atoms with Crippen molar-refractivity contribution in [3.63, 3.8) is 0 Å². The number of hydrogen-bond acceptors (Lipinski definition) is 4. The summed E-state index contributed by atoms with van der Waals surface area (Å²) in [6, 6.07) is 7.32. The molecule has 1 aliphatic heterocycles. The van der Waals surface area contributed by atoms with Gasteiger partial charge < -0.3 is 10.1 Å². The molecule has 20 heavy (non-hydrogen) atoms. The molecular formula is C15H20N2O3. The van der Waals surface area contributed by atoms with Gasteiger partial charge in [0.05, 0.1) is 19.1 Å². The van der Waals surface area contributed by atoms with Crippen LogP contribution in [0.4, 0.5) is 0 Å². The second-order valence-corrected chi connectivity index (χ2v) is 4.69. The quantitative estimate of drug-likeness (QED) is 0.796. The fourth-order valence-corrected chi connectivity index (χ4v) is 2.33. The molecule has 5 nitrogen and oxygen atoms in total. The van der Waals surface area contributed by atoms with Crippen LogP contribution in [0.15, 0.2) is 24.3 Å². The Morgan fingerprint density at radius 3 is 2.80 bits per heavy atom. The third-order valence-corrected chi connectivity index (χ3v) is 3.32. The van der Waals surface area contributed by atoms with E-state index in [1.165, 1.54) is 4.90 Å². The van der Waals surface area contributed by atoms with Crippen LogP contribution in [0.2, 0.25) is 0 Å². The van der Waals surface area contributed by atoms with Crippen LogP contribution in [-0.4, -0.2) is 35.9 Å². The maximum Gasteiger partial charge on any atom is 0.246 e. The summed E-state index contributed by atoms with van der Waals surface area (Å²) in [6.45, 7) is 5.35. The molecule has 0 saturated carbocycles. The molecule has 0 spiro atoms. The van der Waals surface area contributed by atoms with Crippen molar-refractivity contribution < 1.29 is 14.3 Å². The van der Waals surface area contributed by atoms with Crippen molar-refractivity contribution in [2.24, 2.45) is 0 Å². The number of carbonyl (C=O) groups excluding carboxylic acids is 2. The van der Waals surface area contributed by atoms with Crippen LogP contribution >= 0.6 is 0 Å². The molecule has 1 N–H and O–H groups in total. The van der Waals surface area contributed by atoms with Gasteiger partial charge in [0.2, 0.25) is 11.8 Å². The summed E-state index contributed by atoms with van der Waals surface area (Å²) >= 11 is 0. The highest BCUT2D eigenvalue weighted by molar-refractivity contribution is 6.05. The van der Waals surface area contributed by atoms with Crippen molar-refractivity contribution >= 4 is 11.8 Å². The van der Waals surface area contributed by atoms with E-state index in [9.17, 15) is 9.59 Å². The SMILES string of the molecule is CCOc1cccc(CNC2CC(=O)N(CC)C2=O)c1. The van der Waals surface area contributed by atoms with Gasteiger partial charge in [0, 0.05) is 13.1 Å². The van der Waals surface area contributed by atoms with E-state index >= 15 is 0 Å². The minimum Gasteiger partial charge on any atom is -0.494 e. The van der Waals surface area contributed by atoms with Gasteiger partial charge in [-0.15, -0.1) is 0 Å². The Bertz CT molecular complexity index is 502. The monoisotopic (exact) mass is 276 g/mol. The summed E-state index contributed by atoms with van der Waals surface area (Å²) in [5.74, 6) is 0.590. The second-order valence-electron chi connectivity index (χ2n) is 4.69. The lowest BCUT2D eigenvalue weighted by Gasteiger charge is -2.13. The Hall–Kier alpha value is -1.88. The molecule has 1 saturated heterocycles. The Morgan fingerprint density at radius 2 is 2.15 bits per heavy atom. The standard InChI is InChI=1S/C15H20N2O3/c1-3-17-14(18)9-13(15(17)19)16-10-11-6-5-7-12(8-11)20-4-2/h5-8,13,16H,3-4,9-10H2,1-2H3. The smallest absolute Gasteiger partial charge is 0.246 e. The van der Waals surface area contributed by atoms with Crippen molar-refractivity contribution in [3.05, 3.63) is 29.8 Å². The maximum absolute atomic E-state index is 12.0. The van der Waals surface area contributed by atoms with E-state index in [2.05, 4.69) is 5.32 Å². The summed E-state index contributed by atoms with van der Waals surface area (Å²) in [6.07, 6.45) is 0.248. The Labute approximate surface area is 118 Å². The average molecular weight is 276 g/mol. The number of hydrogen-bond donors (Lipinski definition) is 1. The van der Waals surface area contributed by atoms with E-state index in [-0.39, 0.29) is 18.2 Å². The molecule has 2 rings (SSSR count). The van der Waals surface area contributed by atoms with Gasteiger partial charge in [-0.1, -0.05) is 12.1 Å². The first-order chi connectivity index (χ1) is 9.65. The Balaban J connectivity index is 1.94. The normalized spacial score (nSPS) is 18.7. The number of benzene rings is 1. The number of likely N-dealkylation sites (N-methyl/N-ethyl adjacent to an activating group) is 1. The molecule has 0 aromatic heterocycles. The molecule has 1 heterocycles. The molecular weight excluding hydrogens is 256 g/mol. The molecule has 5 heteroatoms. The summed E-state index contributed by atoms with van der Waals surface area (Å²) in [7, 11) is 0.